The zero-order valence-corrected chi connectivity index (χ0v) is 80.2. The van der Waals surface area contributed by atoms with Gasteiger partial charge >= 0.3 is 0 Å². The lowest BCUT2D eigenvalue weighted by atomic mass is 9.97. The van der Waals surface area contributed by atoms with Gasteiger partial charge in [-0.3, -0.25) is 0 Å². The third-order valence-corrected chi connectivity index (χ3v) is 24.4. The van der Waals surface area contributed by atoms with E-state index in [1.807, 2.05) is 323 Å². The molecule has 10 N–H and O–H groups in total. The largest absolute Gasteiger partial charge is 0.454 e. The topological polar surface area (TPSA) is 227 Å². The summed E-state index contributed by atoms with van der Waals surface area (Å²) in [4.78, 5) is 5.32. The molecule has 21 rings (SSSR count). The number of aliphatic hydroxyl groups is 10. The van der Waals surface area contributed by atoms with Gasteiger partial charge < -0.3 is 70.3 Å². The average molecular weight is 1890 g/mol. The highest BCUT2D eigenvalue weighted by Gasteiger charge is 2.26. The van der Waals surface area contributed by atoms with Crippen LogP contribution in [0.3, 0.4) is 0 Å². The van der Waals surface area contributed by atoms with E-state index in [0.29, 0.717) is 11.1 Å². The summed E-state index contributed by atoms with van der Waals surface area (Å²) < 4.78 is 35.6. The number of thioether (sulfide) groups is 1. The minimum absolute atomic E-state index is 0.0383. The highest BCUT2D eigenvalue weighted by Crippen LogP contribution is 2.43. The fourth-order valence-electron chi connectivity index (χ4n) is 15.8. The van der Waals surface area contributed by atoms with Crippen molar-refractivity contribution in [2.24, 2.45) is 0 Å². The molecule has 0 spiro atoms. The molecule has 0 amide bonds. The van der Waals surface area contributed by atoms with Gasteiger partial charge in [0.2, 0.25) is 6.79 Å². The number of benzene rings is 18. The number of anilines is 2. The van der Waals surface area contributed by atoms with Gasteiger partial charge in [-0.15, -0.1) is 11.8 Å². The number of nitrogens with zero attached hydrogens (tertiary/aromatic N) is 2. The van der Waals surface area contributed by atoms with Crippen LogP contribution < -0.4 is 19.3 Å². The fraction of sp³-hybridized carbons (Fsp3) is 0.154. The maximum Gasteiger partial charge on any atom is 0.231 e. The Balaban J connectivity index is 0.000000140. The van der Waals surface area contributed by atoms with Crippen LogP contribution in [0.4, 0.5) is 20.2 Å². The predicted octanol–water partition coefficient (Wildman–Crippen LogP) is 25.3. The minimum Gasteiger partial charge on any atom is -0.454 e. The van der Waals surface area contributed by atoms with E-state index in [9.17, 15) is 34.3 Å². The summed E-state index contributed by atoms with van der Waals surface area (Å²) in [6, 6.07) is 133. The molecule has 2 aliphatic carbocycles. The molecule has 0 radical (unpaired) electrons. The van der Waals surface area contributed by atoms with Gasteiger partial charge in [-0.2, -0.15) is 0 Å². The van der Waals surface area contributed by atoms with Gasteiger partial charge in [0.05, 0.1) is 39.1 Å². The van der Waals surface area contributed by atoms with Gasteiger partial charge in [-0.1, -0.05) is 346 Å². The van der Waals surface area contributed by atoms with Crippen LogP contribution in [0.15, 0.2) is 423 Å². The molecular formula is C123H120F2N2O12S. The van der Waals surface area contributed by atoms with Crippen molar-refractivity contribution in [3.63, 3.8) is 0 Å². The molecule has 0 aromatic heterocycles. The molecule has 714 valence electrons. The number of hydrogen-bond acceptors (Lipinski definition) is 15. The van der Waals surface area contributed by atoms with Gasteiger partial charge in [-0.05, 0) is 255 Å². The Hall–Kier alpha value is -14.5. The normalized spacial score (nSPS) is 11.9. The molecular weight excluding hydrogens is 1770 g/mol. The molecule has 17 heteroatoms. The van der Waals surface area contributed by atoms with Crippen molar-refractivity contribution in [2.45, 2.75) is 88.2 Å². The van der Waals surface area contributed by atoms with Gasteiger partial charge in [-0.25, -0.2) is 8.78 Å². The summed E-state index contributed by atoms with van der Waals surface area (Å²) in [5.41, 5.74) is 22.3. The van der Waals surface area contributed by atoms with E-state index in [0.717, 1.165) is 130 Å². The van der Waals surface area contributed by atoms with E-state index in [1.165, 1.54) is 91.7 Å². The number of aliphatic hydroxyl groups excluding tert-OH is 10. The van der Waals surface area contributed by atoms with Gasteiger partial charge in [0.15, 0.2) is 11.5 Å². The number of halogens is 2. The molecule has 0 saturated carbocycles. The number of rotatable bonds is 15. The first-order valence-corrected chi connectivity index (χ1v) is 47.5. The quantitative estimate of drug-likeness (QED) is 0.0262. The van der Waals surface area contributed by atoms with Crippen molar-refractivity contribution in [3.05, 3.63) is 530 Å². The van der Waals surface area contributed by atoms with Crippen molar-refractivity contribution in [3.8, 4) is 22.6 Å². The molecule has 1 aliphatic heterocycles. The number of ether oxygens (including phenoxy) is 2. The van der Waals surface area contributed by atoms with Crippen molar-refractivity contribution in [2.75, 3.05) is 51.0 Å². The SMILES string of the molecule is CC(O)c1ccccc1.CN(C)c1ccc(C(O)c2ccc(N(C)C)cc2)cc1.CSc1ccc(CO)cc1.OC(c1ccc(F)cc1)c1ccc(F)cc1.OC1c2ccccc2-c2ccccc21.OC1c2ccccc2CCc2ccccc21.OCc1c2ccccc2cc2ccccc12.OCc1ccc(/C=C/c2ccccc2)cc1.OCc1ccc2c(c1)OCO2.OCc1ccc2ccccc2c1. The molecule has 1 heterocycles. The Labute approximate surface area is 823 Å². The molecule has 0 bridgehead atoms. The lowest BCUT2D eigenvalue weighted by molar-refractivity contribution is 0.174. The summed E-state index contributed by atoms with van der Waals surface area (Å²) >= 11 is 1.71. The van der Waals surface area contributed by atoms with Crippen LogP contribution in [0.1, 0.15) is 138 Å². The molecule has 18 aromatic carbocycles. The maximum atomic E-state index is 12.7. The monoisotopic (exact) mass is 1890 g/mol. The number of aryl methyl sites for hydroxylation is 2. The Morgan fingerprint density at radius 2 is 0.686 bits per heavy atom. The lowest BCUT2D eigenvalue weighted by Gasteiger charge is -2.17. The van der Waals surface area contributed by atoms with E-state index in [-0.39, 0.29) is 57.6 Å². The molecule has 1 atom stereocenters. The second-order valence-electron chi connectivity index (χ2n) is 33.6. The van der Waals surface area contributed by atoms with Gasteiger partial charge in [0.1, 0.15) is 36.1 Å². The Kier molecular flexibility index (Phi) is 40.3. The van der Waals surface area contributed by atoms with E-state index in [2.05, 4.69) is 91.0 Å². The van der Waals surface area contributed by atoms with Crippen molar-refractivity contribution < 1.29 is 69.3 Å². The van der Waals surface area contributed by atoms with Crippen LogP contribution in [0.25, 0.3) is 55.6 Å². The summed E-state index contributed by atoms with van der Waals surface area (Å²) in [7, 11) is 8.02. The number of fused-ring (bicyclic) bond motifs is 9. The third kappa shape index (κ3) is 30.0. The van der Waals surface area contributed by atoms with Crippen molar-refractivity contribution >= 4 is 67.6 Å². The molecule has 14 nitrogen and oxygen atoms in total. The zero-order valence-electron chi connectivity index (χ0n) is 79.4. The first kappa shape index (κ1) is 104. The first-order valence-electron chi connectivity index (χ1n) is 46.2. The minimum atomic E-state index is -0.860. The first-order chi connectivity index (χ1) is 68.1. The highest BCUT2D eigenvalue weighted by atomic mass is 32.2. The van der Waals surface area contributed by atoms with Crippen LogP contribution in [0, 0.1) is 11.6 Å². The van der Waals surface area contributed by atoms with E-state index < -0.39 is 24.4 Å². The van der Waals surface area contributed by atoms with Crippen LogP contribution in [0.5, 0.6) is 11.5 Å². The van der Waals surface area contributed by atoms with Crippen LogP contribution in [0.2, 0.25) is 0 Å². The van der Waals surface area contributed by atoms with Crippen molar-refractivity contribution in [1.29, 1.82) is 0 Å². The van der Waals surface area contributed by atoms with Crippen LogP contribution >= 0.6 is 11.8 Å². The highest BCUT2D eigenvalue weighted by molar-refractivity contribution is 7.98. The van der Waals surface area contributed by atoms with Crippen molar-refractivity contribution in [1.82, 2.24) is 0 Å². The molecule has 1 unspecified atom stereocenters. The van der Waals surface area contributed by atoms with Crippen LogP contribution in [-0.2, 0) is 45.9 Å². The molecule has 18 aromatic rings. The maximum absolute atomic E-state index is 12.7. The van der Waals surface area contributed by atoms with E-state index >= 15 is 0 Å². The summed E-state index contributed by atoms with van der Waals surface area (Å²) in [5, 5.41) is 102. The average Bonchev–Trinajstić information content (AvgIpc) is 1.67. The summed E-state index contributed by atoms with van der Waals surface area (Å²) in [6.07, 6.45) is 5.53. The third-order valence-electron chi connectivity index (χ3n) is 23.7. The fourth-order valence-corrected chi connectivity index (χ4v) is 16.2. The standard InChI is InChI=1S/C17H22N2O.C15H12O.2C15H14O.C13H10F2O.C13H10O.C11H10O.C8H8O3.C8H10OS.C8H10O/c1-18(2)15-9-5-13(6-10-15)17(20)14-7-11-16(12-8-14)19(3)4;16-10-15-13-7-3-1-5-11(13)9-12-6-2-4-8-14(12)15;16-15-13-7-3-1-5-11(13)9-10-12-6-2-4-8-14(12)15;16-12-15-10-8-14(9-11-15)7-6-13-4-2-1-3-5-13;14-11-5-1-9(2-6-11)13(16)10-3-7-12(15)8-4-10;14-13-11-7-3-1-5-9(11)10-6-2-4-8-12(10)13;12-8-9-5-6-10-3-1-2-4-11(10)7-9;9-4-6-1-2-7-8(3-6)11-5-10-7;1-10-8-4-2-7(6-9)3-5-8;1-7(9)8-5-3-2-4-6-8/h5-12,17,20H,1-4H3;1-9,16H,10H2;1-8,15-16H,9-10H2;1-11,16H,12H2;1-8,13,16H;1-8,13-14H;1-7,12H,8H2;1-3,9H,4-5H2;2-5,9H,6H2,1H3;2-7,9H,1H3/b;;;7-6+;;;;;;. The second-order valence-corrected chi connectivity index (χ2v) is 34.5. The number of hydrogen-bond donors (Lipinski definition) is 10. The van der Waals surface area contributed by atoms with Gasteiger partial charge in [0, 0.05) is 44.5 Å². The Bertz CT molecular complexity index is 6590. The molecule has 3 aliphatic rings. The lowest BCUT2D eigenvalue weighted by Crippen LogP contribution is -2.09. The molecule has 0 saturated heterocycles. The van der Waals surface area contributed by atoms with Crippen LogP contribution in [-0.4, -0.2) is 92.3 Å². The smallest absolute Gasteiger partial charge is 0.231 e. The summed E-state index contributed by atoms with van der Waals surface area (Å²) in [5.74, 6) is 0.767. The molecule has 0 fully saturated rings. The second kappa shape index (κ2) is 54.0. The molecule has 140 heavy (non-hydrogen) atoms. The summed E-state index contributed by atoms with van der Waals surface area (Å²) in [6.45, 7) is 2.51. The van der Waals surface area contributed by atoms with E-state index in [4.69, 9.17) is 35.0 Å². The van der Waals surface area contributed by atoms with E-state index in [1.54, 1.807) is 30.8 Å². The predicted molar refractivity (Wildman–Crippen MR) is 567 cm³/mol. The Morgan fingerprint density at radius 1 is 0.329 bits per heavy atom. The Morgan fingerprint density at radius 3 is 1.12 bits per heavy atom. The van der Waals surface area contributed by atoms with Gasteiger partial charge in [0.25, 0.3) is 0 Å². The zero-order chi connectivity index (χ0) is 99.1.